The fourth-order valence-electron chi connectivity index (χ4n) is 4.86. The van der Waals surface area contributed by atoms with E-state index in [9.17, 15) is 33.9 Å². The summed E-state index contributed by atoms with van der Waals surface area (Å²) in [7, 11) is -9.91. The van der Waals surface area contributed by atoms with Crippen molar-refractivity contribution in [1.82, 2.24) is 34.1 Å². The van der Waals surface area contributed by atoms with Gasteiger partial charge in [-0.3, -0.25) is 32.4 Å². The number of fused-ring (bicyclic) bond motifs is 4. The summed E-state index contributed by atoms with van der Waals surface area (Å²) in [5.41, 5.74) is 10.8. The van der Waals surface area contributed by atoms with Gasteiger partial charge >= 0.3 is 15.6 Å². The van der Waals surface area contributed by atoms with Gasteiger partial charge in [0.05, 0.1) is 38.1 Å². The number of hydrogen-bond donors (Lipinski definition) is 7. The Morgan fingerprint density at radius 2 is 1.73 bits per heavy atom. The molecule has 2 fully saturated rings. The highest BCUT2D eigenvalue weighted by atomic mass is 31.2. The van der Waals surface area contributed by atoms with E-state index in [4.69, 9.17) is 39.0 Å². The van der Waals surface area contributed by atoms with Crippen LogP contribution in [0.1, 0.15) is 12.5 Å². The van der Waals surface area contributed by atoms with Crippen molar-refractivity contribution < 1.29 is 56.7 Å². The minimum absolute atomic E-state index is 0.127. The number of H-pyrrole nitrogens is 1. The molecule has 0 radical (unpaired) electrons. The van der Waals surface area contributed by atoms with Crippen LogP contribution < -0.4 is 17.0 Å². The first-order valence-electron chi connectivity index (χ1n) is 13.0. The van der Waals surface area contributed by atoms with Crippen LogP contribution in [0.25, 0.3) is 22.2 Å². The molecule has 22 nitrogen and oxygen atoms in total. The van der Waals surface area contributed by atoms with E-state index in [1.807, 2.05) is 0 Å². The molecule has 7 unspecified atom stereocenters. The third-order valence-electron chi connectivity index (χ3n) is 6.87. The molecular weight excluding hydrogens is 648 g/mol. The lowest BCUT2D eigenvalue weighted by Crippen LogP contribution is -2.36. The zero-order chi connectivity index (χ0) is 32.1. The Hall–Kier alpha value is -3.37. The molecule has 0 saturated carbocycles. The number of phosphoric ester groups is 2. The molecule has 244 valence electrons. The van der Waals surface area contributed by atoms with Crippen molar-refractivity contribution in [3.8, 4) is 0 Å². The summed E-state index contributed by atoms with van der Waals surface area (Å²) in [5.74, 6) is -0.144. The number of hydrogen-bond acceptors (Lipinski definition) is 17. The molecule has 9 N–H and O–H groups in total. The zero-order valence-electron chi connectivity index (χ0n) is 22.8. The highest BCUT2D eigenvalue weighted by Crippen LogP contribution is 2.50. The quantitative estimate of drug-likeness (QED) is 0.119. The monoisotopic (exact) mass is 675 g/mol. The van der Waals surface area contributed by atoms with Gasteiger partial charge in [0.25, 0.3) is 5.56 Å². The summed E-state index contributed by atoms with van der Waals surface area (Å²) in [6.45, 7) is -2.62. The van der Waals surface area contributed by atoms with Crippen LogP contribution in [0.2, 0.25) is 0 Å². The van der Waals surface area contributed by atoms with Crippen LogP contribution in [0.15, 0.2) is 29.7 Å². The number of phosphoric acid groups is 2. The molecule has 0 spiro atoms. The zero-order valence-corrected chi connectivity index (χ0v) is 24.6. The molecule has 2 saturated heterocycles. The third kappa shape index (κ3) is 6.36. The number of nitrogens with zero attached hydrogens (tertiary/aromatic N) is 6. The highest BCUT2D eigenvalue weighted by Gasteiger charge is 2.50. The van der Waals surface area contributed by atoms with E-state index < -0.39 is 84.5 Å². The molecule has 8 atom stereocenters. The second kappa shape index (κ2) is 12.1. The van der Waals surface area contributed by atoms with E-state index in [0.717, 1.165) is 10.9 Å². The number of nitrogens with two attached hydrogens (primary N) is 2. The molecule has 4 aromatic heterocycles. The van der Waals surface area contributed by atoms with Crippen LogP contribution in [0.4, 0.5) is 11.8 Å². The molecule has 6 rings (SSSR count). The van der Waals surface area contributed by atoms with Crippen LogP contribution in [-0.2, 0) is 36.7 Å². The van der Waals surface area contributed by atoms with E-state index in [1.54, 1.807) is 6.07 Å². The maximum Gasteiger partial charge on any atom is 0.472 e. The Kier molecular flexibility index (Phi) is 8.50. The SMILES string of the molecule is Nc1nc2c(ncn2C2OC3COP(=O)(O)OC[C@H](O)C(n4ccc5c(N)ncnc54)OCCOP(=O)(O)OC2C3O)c(=O)[nH]1. The van der Waals surface area contributed by atoms with Crippen molar-refractivity contribution in [3.63, 3.8) is 0 Å². The average Bonchev–Trinajstić information content (AvgIpc) is 3.67. The predicted molar refractivity (Wildman–Crippen MR) is 148 cm³/mol. The second-order valence-corrected chi connectivity index (χ2v) is 12.7. The number of nitrogens with one attached hydrogen (secondary N) is 1. The van der Waals surface area contributed by atoms with E-state index in [0.29, 0.717) is 5.39 Å². The second-order valence-electron chi connectivity index (χ2n) is 9.81. The number of anilines is 2. The normalized spacial score (nSPS) is 34.0. The molecule has 2 bridgehead atoms. The molecule has 6 heterocycles. The summed E-state index contributed by atoms with van der Waals surface area (Å²) in [6, 6.07) is 1.55. The number of rotatable bonds is 2. The van der Waals surface area contributed by atoms with Gasteiger partial charge in [-0.15, -0.1) is 0 Å². The predicted octanol–water partition coefficient (Wildman–Crippen LogP) is -1.49. The minimum Gasteiger partial charge on any atom is -0.387 e. The summed E-state index contributed by atoms with van der Waals surface area (Å²) in [6.07, 6.45) is -5.67. The van der Waals surface area contributed by atoms with Crippen molar-refractivity contribution in [2.24, 2.45) is 0 Å². The van der Waals surface area contributed by atoms with Crippen molar-refractivity contribution >= 4 is 49.6 Å². The standard InChI is InChI=1S/C21H27N9O13P2/c22-15-9-1-2-29(16(9)25-7-24-15)19-10(31)5-40-44(34,35)41-6-11-13(32)14(43-45(36,37)39-4-3-38-19)20(42-11)30-8-26-12-17(30)27-21(23)28-18(12)33/h1-2,7-8,10-11,13-14,19-20,31-32H,3-6H2,(H,34,35)(H,36,37)(H2,22,24,25)(H3,23,27,28,33)/t10-,11?,13?,14?,19?,20?/m0/s1. The Labute approximate surface area is 250 Å². The number of imidazole rings is 1. The van der Waals surface area contributed by atoms with E-state index in [2.05, 4.69) is 24.9 Å². The Morgan fingerprint density at radius 3 is 2.53 bits per heavy atom. The van der Waals surface area contributed by atoms with Gasteiger partial charge < -0.3 is 45.5 Å². The number of aliphatic hydroxyl groups excluding tert-OH is 2. The first-order valence-corrected chi connectivity index (χ1v) is 16.0. The molecule has 0 amide bonds. The Balaban J connectivity index is 1.29. The maximum absolute atomic E-state index is 13.0. The smallest absolute Gasteiger partial charge is 0.387 e. The van der Waals surface area contributed by atoms with Gasteiger partial charge in [0.2, 0.25) is 5.95 Å². The fourth-order valence-corrected chi connectivity index (χ4v) is 6.51. The summed E-state index contributed by atoms with van der Waals surface area (Å²) in [4.78, 5) is 51.4. The maximum atomic E-state index is 13.0. The molecular formula is C21H27N9O13P2. The van der Waals surface area contributed by atoms with Crippen molar-refractivity contribution in [3.05, 3.63) is 35.3 Å². The number of aromatic nitrogens is 7. The van der Waals surface area contributed by atoms with Crippen LogP contribution in [0, 0.1) is 0 Å². The van der Waals surface area contributed by atoms with Gasteiger partial charge in [-0.1, -0.05) is 0 Å². The largest absolute Gasteiger partial charge is 0.472 e. The fraction of sp³-hybridized carbons (Fsp3) is 0.476. The van der Waals surface area contributed by atoms with Gasteiger partial charge in [0.1, 0.15) is 42.2 Å². The van der Waals surface area contributed by atoms with Crippen molar-refractivity contribution in [1.29, 1.82) is 0 Å². The first-order chi connectivity index (χ1) is 21.3. The molecule has 45 heavy (non-hydrogen) atoms. The summed E-state index contributed by atoms with van der Waals surface area (Å²) >= 11 is 0. The minimum atomic E-state index is -4.99. The Morgan fingerprint density at radius 1 is 0.956 bits per heavy atom. The third-order valence-corrected chi connectivity index (χ3v) is 8.84. The molecule has 2 aliphatic heterocycles. The Bertz CT molecular complexity index is 1870. The average molecular weight is 675 g/mol. The number of aromatic amines is 1. The van der Waals surface area contributed by atoms with Crippen molar-refractivity contribution in [2.45, 2.75) is 36.9 Å². The molecule has 0 aromatic carbocycles. The number of ether oxygens (including phenoxy) is 2. The highest BCUT2D eigenvalue weighted by molar-refractivity contribution is 7.47. The van der Waals surface area contributed by atoms with Gasteiger partial charge in [-0.05, 0) is 6.07 Å². The first kappa shape index (κ1) is 31.6. The van der Waals surface area contributed by atoms with Gasteiger partial charge in [0.15, 0.2) is 23.6 Å². The summed E-state index contributed by atoms with van der Waals surface area (Å²) < 4.78 is 60.1. The number of nitrogen functional groups attached to an aromatic ring is 2. The number of aliphatic hydroxyl groups is 2. The lowest BCUT2D eigenvalue weighted by atomic mass is 10.1. The lowest BCUT2D eigenvalue weighted by Gasteiger charge is -2.27. The van der Waals surface area contributed by atoms with E-state index in [-0.39, 0.29) is 28.6 Å². The van der Waals surface area contributed by atoms with Crippen LogP contribution in [-0.4, -0.2) is 105 Å². The molecule has 4 aromatic rings. The van der Waals surface area contributed by atoms with Crippen LogP contribution in [0.3, 0.4) is 0 Å². The van der Waals surface area contributed by atoms with Gasteiger partial charge in [0, 0.05) is 6.20 Å². The lowest BCUT2D eigenvalue weighted by molar-refractivity contribution is -0.103. The van der Waals surface area contributed by atoms with E-state index in [1.165, 1.54) is 17.1 Å². The molecule has 24 heteroatoms. The van der Waals surface area contributed by atoms with Gasteiger partial charge in [-0.25, -0.2) is 24.1 Å². The van der Waals surface area contributed by atoms with E-state index >= 15 is 0 Å². The summed E-state index contributed by atoms with van der Waals surface area (Å²) in [5, 5.41) is 22.3. The van der Waals surface area contributed by atoms with Crippen molar-refractivity contribution in [2.75, 3.05) is 37.9 Å². The van der Waals surface area contributed by atoms with Gasteiger partial charge in [-0.2, -0.15) is 4.98 Å². The van der Waals surface area contributed by atoms with Crippen LogP contribution in [0.5, 0.6) is 0 Å². The van der Waals surface area contributed by atoms with Crippen LogP contribution >= 0.6 is 15.6 Å². The molecule has 0 aliphatic carbocycles. The topological polar surface area (TPSA) is 317 Å². The molecule has 2 aliphatic rings.